The highest BCUT2D eigenvalue weighted by Gasteiger charge is 2.17. The molecule has 1 N–H and O–H groups in total. The maximum atomic E-state index is 6.11. The third kappa shape index (κ3) is 3.48. The molecule has 0 aliphatic carbocycles. The molecule has 0 aliphatic rings. The third-order valence-corrected chi connectivity index (χ3v) is 4.28. The monoisotopic (exact) mass is 294 g/mol. The molecule has 0 saturated heterocycles. The van der Waals surface area contributed by atoms with Crippen LogP contribution < -0.4 is 5.32 Å². The minimum Gasteiger partial charge on any atom is -0.378 e. The molecule has 0 radical (unpaired) electrons. The van der Waals surface area contributed by atoms with Gasteiger partial charge in [-0.1, -0.05) is 38.4 Å². The lowest BCUT2D eigenvalue weighted by Gasteiger charge is -2.14. The fourth-order valence-electron chi connectivity index (χ4n) is 1.71. The summed E-state index contributed by atoms with van der Waals surface area (Å²) in [7, 11) is 0. The predicted molar refractivity (Wildman–Crippen MR) is 84.3 cm³/mol. The average molecular weight is 295 g/mol. The summed E-state index contributed by atoms with van der Waals surface area (Å²) in [4.78, 5) is 4.67. The van der Waals surface area contributed by atoms with Crippen molar-refractivity contribution in [3.05, 3.63) is 44.9 Å². The first-order valence-electron chi connectivity index (χ1n) is 6.32. The van der Waals surface area contributed by atoms with E-state index in [1.54, 1.807) is 11.3 Å². The van der Waals surface area contributed by atoms with Gasteiger partial charge in [-0.2, -0.15) is 0 Å². The number of nitrogens with zero attached hydrogens (tertiary/aromatic N) is 1. The zero-order valence-electron chi connectivity index (χ0n) is 11.7. The standard InChI is InChI=1S/C15H19ClN2S/c1-10-11(16)6-5-7-12(10)17-8-14-18-13(9-19-14)15(2,3)4/h5-7,9,17H,8H2,1-4H3. The van der Waals surface area contributed by atoms with E-state index in [0.717, 1.165) is 33.5 Å². The Morgan fingerprint density at radius 3 is 2.68 bits per heavy atom. The molecule has 0 aliphatic heterocycles. The third-order valence-electron chi connectivity index (χ3n) is 3.02. The van der Waals surface area contributed by atoms with Crippen molar-refractivity contribution in [2.75, 3.05) is 5.32 Å². The molecule has 102 valence electrons. The number of thiazole rings is 1. The molecule has 19 heavy (non-hydrogen) atoms. The first-order valence-corrected chi connectivity index (χ1v) is 7.57. The molecule has 0 atom stereocenters. The van der Waals surface area contributed by atoms with E-state index in [2.05, 4.69) is 36.5 Å². The van der Waals surface area contributed by atoms with Crippen molar-refractivity contribution in [2.45, 2.75) is 39.7 Å². The lowest BCUT2D eigenvalue weighted by molar-refractivity contribution is 0.571. The number of halogens is 1. The van der Waals surface area contributed by atoms with Crippen molar-refractivity contribution in [3.63, 3.8) is 0 Å². The van der Waals surface area contributed by atoms with Crippen molar-refractivity contribution in [1.29, 1.82) is 0 Å². The Labute approximate surface area is 123 Å². The van der Waals surface area contributed by atoms with Gasteiger partial charge in [-0.15, -0.1) is 11.3 Å². The summed E-state index contributed by atoms with van der Waals surface area (Å²) in [5, 5.41) is 7.43. The Balaban J connectivity index is 2.07. The van der Waals surface area contributed by atoms with Crippen molar-refractivity contribution in [2.24, 2.45) is 0 Å². The van der Waals surface area contributed by atoms with Gasteiger partial charge in [0.1, 0.15) is 5.01 Å². The molecule has 0 spiro atoms. The number of nitrogens with one attached hydrogen (secondary N) is 1. The maximum absolute atomic E-state index is 6.11. The molecule has 1 heterocycles. The summed E-state index contributed by atoms with van der Waals surface area (Å²) < 4.78 is 0. The summed E-state index contributed by atoms with van der Waals surface area (Å²) in [6.45, 7) is 9.30. The van der Waals surface area contributed by atoms with Crippen LogP contribution >= 0.6 is 22.9 Å². The lowest BCUT2D eigenvalue weighted by atomic mass is 9.93. The number of benzene rings is 1. The van der Waals surface area contributed by atoms with E-state index in [9.17, 15) is 0 Å². The van der Waals surface area contributed by atoms with Crippen molar-refractivity contribution in [1.82, 2.24) is 4.98 Å². The van der Waals surface area contributed by atoms with Crippen LogP contribution in [0.25, 0.3) is 0 Å². The van der Waals surface area contributed by atoms with E-state index < -0.39 is 0 Å². The summed E-state index contributed by atoms with van der Waals surface area (Å²) in [5.74, 6) is 0. The number of rotatable bonds is 3. The zero-order chi connectivity index (χ0) is 14.0. The Bertz CT molecular complexity index is 570. The molecule has 1 aromatic heterocycles. The van der Waals surface area contributed by atoms with Crippen LogP contribution in [0, 0.1) is 6.92 Å². The van der Waals surface area contributed by atoms with Gasteiger partial charge in [-0.05, 0) is 24.6 Å². The molecular weight excluding hydrogens is 276 g/mol. The number of aromatic nitrogens is 1. The molecule has 0 fully saturated rings. The molecule has 2 aromatic rings. The molecule has 4 heteroatoms. The molecule has 0 amide bonds. The summed E-state index contributed by atoms with van der Waals surface area (Å²) in [5.41, 5.74) is 3.41. The highest BCUT2D eigenvalue weighted by molar-refractivity contribution is 7.09. The molecule has 0 saturated carbocycles. The Kier molecular flexibility index (Phi) is 4.16. The van der Waals surface area contributed by atoms with Crippen LogP contribution in [0.3, 0.4) is 0 Å². The van der Waals surface area contributed by atoms with Gasteiger partial charge >= 0.3 is 0 Å². The van der Waals surface area contributed by atoms with E-state index in [0.29, 0.717) is 0 Å². The Hall–Kier alpha value is -1.06. The van der Waals surface area contributed by atoms with Gasteiger partial charge in [0.25, 0.3) is 0 Å². The second-order valence-electron chi connectivity index (χ2n) is 5.64. The largest absolute Gasteiger partial charge is 0.378 e. The first-order chi connectivity index (χ1) is 8.88. The topological polar surface area (TPSA) is 24.9 Å². The lowest BCUT2D eigenvalue weighted by Crippen LogP contribution is -2.12. The second kappa shape index (κ2) is 5.51. The minimum atomic E-state index is 0.112. The van der Waals surface area contributed by atoms with Crippen LogP contribution in [0.5, 0.6) is 0 Å². The van der Waals surface area contributed by atoms with Crippen molar-refractivity contribution >= 4 is 28.6 Å². The van der Waals surface area contributed by atoms with Crippen molar-refractivity contribution < 1.29 is 0 Å². The van der Waals surface area contributed by atoms with Gasteiger partial charge in [0.05, 0.1) is 12.2 Å². The van der Waals surface area contributed by atoms with Crippen LogP contribution in [0.1, 0.15) is 37.0 Å². The van der Waals surface area contributed by atoms with Crippen LogP contribution in [0.4, 0.5) is 5.69 Å². The van der Waals surface area contributed by atoms with Gasteiger partial charge in [-0.25, -0.2) is 4.98 Å². The van der Waals surface area contributed by atoms with Crippen LogP contribution in [-0.4, -0.2) is 4.98 Å². The summed E-state index contributed by atoms with van der Waals surface area (Å²) in [6.07, 6.45) is 0. The van der Waals surface area contributed by atoms with Crippen LogP contribution in [-0.2, 0) is 12.0 Å². The fourth-order valence-corrected chi connectivity index (χ4v) is 2.84. The molecule has 1 aromatic carbocycles. The number of hydrogen-bond acceptors (Lipinski definition) is 3. The van der Waals surface area contributed by atoms with Gasteiger partial charge in [0.15, 0.2) is 0 Å². The van der Waals surface area contributed by atoms with Crippen molar-refractivity contribution in [3.8, 4) is 0 Å². The van der Waals surface area contributed by atoms with Gasteiger partial charge < -0.3 is 5.32 Å². The number of hydrogen-bond donors (Lipinski definition) is 1. The van der Waals surface area contributed by atoms with Crippen LogP contribution in [0.15, 0.2) is 23.6 Å². The Morgan fingerprint density at radius 1 is 1.32 bits per heavy atom. The second-order valence-corrected chi connectivity index (χ2v) is 6.99. The van der Waals surface area contributed by atoms with Gasteiger partial charge in [0, 0.05) is 21.5 Å². The maximum Gasteiger partial charge on any atom is 0.112 e. The summed E-state index contributed by atoms with van der Waals surface area (Å²) >= 11 is 7.81. The minimum absolute atomic E-state index is 0.112. The molecule has 0 unspecified atom stereocenters. The van der Waals surface area contributed by atoms with E-state index in [-0.39, 0.29) is 5.41 Å². The van der Waals surface area contributed by atoms with E-state index in [4.69, 9.17) is 11.6 Å². The molecule has 2 rings (SSSR count). The number of anilines is 1. The Morgan fingerprint density at radius 2 is 2.05 bits per heavy atom. The first kappa shape index (κ1) is 14.4. The zero-order valence-corrected chi connectivity index (χ0v) is 13.3. The average Bonchev–Trinajstić information content (AvgIpc) is 2.79. The fraction of sp³-hybridized carbons (Fsp3) is 0.400. The smallest absolute Gasteiger partial charge is 0.112 e. The van der Waals surface area contributed by atoms with Gasteiger partial charge in [0.2, 0.25) is 0 Å². The highest BCUT2D eigenvalue weighted by Crippen LogP contribution is 2.26. The van der Waals surface area contributed by atoms with Crippen LogP contribution in [0.2, 0.25) is 5.02 Å². The van der Waals surface area contributed by atoms with E-state index in [1.807, 2.05) is 25.1 Å². The van der Waals surface area contributed by atoms with E-state index >= 15 is 0 Å². The van der Waals surface area contributed by atoms with Gasteiger partial charge in [-0.3, -0.25) is 0 Å². The molecule has 0 bridgehead atoms. The highest BCUT2D eigenvalue weighted by atomic mass is 35.5. The summed E-state index contributed by atoms with van der Waals surface area (Å²) in [6, 6.07) is 5.91. The van der Waals surface area contributed by atoms with E-state index in [1.165, 1.54) is 0 Å². The SMILES string of the molecule is Cc1c(Cl)cccc1NCc1nc(C(C)(C)C)cs1. The molecule has 2 nitrogen and oxygen atoms in total. The normalized spacial score (nSPS) is 11.6. The quantitative estimate of drug-likeness (QED) is 0.860. The molecular formula is C15H19ClN2S. The predicted octanol–water partition coefficient (Wildman–Crippen LogP) is 5.01.